The van der Waals surface area contributed by atoms with Crippen molar-refractivity contribution in [3.8, 4) is 0 Å². The minimum absolute atomic E-state index is 0.0326. The molecule has 1 heterocycles. The lowest BCUT2D eigenvalue weighted by Gasteiger charge is -2.13. The van der Waals surface area contributed by atoms with Crippen LogP contribution in [0.5, 0.6) is 0 Å². The molecule has 2 N–H and O–H groups in total. The van der Waals surface area contributed by atoms with Gasteiger partial charge in [-0.1, -0.05) is 13.8 Å². The van der Waals surface area contributed by atoms with Gasteiger partial charge in [-0.05, 0) is 30.7 Å². The molecule has 4 nitrogen and oxygen atoms in total. The summed E-state index contributed by atoms with van der Waals surface area (Å²) in [6, 6.07) is 1.85. The minimum Gasteiger partial charge on any atom is -0.384 e. The number of rotatable bonds is 6. The third-order valence-electron chi connectivity index (χ3n) is 3.41. The standard InChI is InChI=1S/C14H21N3O/c1-3-7-16-12-4-8-15-9-11(12)13(18)17-10-14(2)5-6-14/h4,8-9H,3,5-7,10H2,1-2H3,(H,15,16)(H,17,18). The number of hydrogen-bond acceptors (Lipinski definition) is 3. The molecule has 1 amide bonds. The van der Waals surface area contributed by atoms with Crippen molar-refractivity contribution >= 4 is 11.6 Å². The molecule has 1 aromatic rings. The van der Waals surface area contributed by atoms with Crippen LogP contribution in [0.15, 0.2) is 18.5 Å². The summed E-state index contributed by atoms with van der Waals surface area (Å²) in [4.78, 5) is 16.1. The second-order valence-corrected chi connectivity index (χ2v) is 5.34. The van der Waals surface area contributed by atoms with Gasteiger partial charge in [0.25, 0.3) is 5.91 Å². The van der Waals surface area contributed by atoms with Gasteiger partial charge in [0.15, 0.2) is 0 Å². The Morgan fingerprint density at radius 2 is 2.28 bits per heavy atom. The molecule has 1 fully saturated rings. The Morgan fingerprint density at radius 1 is 1.50 bits per heavy atom. The highest BCUT2D eigenvalue weighted by Gasteiger charge is 2.37. The molecular weight excluding hydrogens is 226 g/mol. The maximum absolute atomic E-state index is 12.1. The molecule has 0 spiro atoms. The van der Waals surface area contributed by atoms with Gasteiger partial charge in [0.2, 0.25) is 0 Å². The van der Waals surface area contributed by atoms with Crippen LogP contribution in [-0.2, 0) is 0 Å². The Labute approximate surface area is 108 Å². The number of hydrogen-bond donors (Lipinski definition) is 2. The average Bonchev–Trinajstić information content (AvgIpc) is 3.12. The van der Waals surface area contributed by atoms with E-state index in [0.29, 0.717) is 11.0 Å². The first-order valence-electron chi connectivity index (χ1n) is 6.61. The SMILES string of the molecule is CCCNc1ccncc1C(=O)NCC1(C)CC1. The lowest BCUT2D eigenvalue weighted by molar-refractivity contribution is 0.0946. The van der Waals surface area contributed by atoms with Crippen LogP contribution in [0.2, 0.25) is 0 Å². The first kappa shape index (κ1) is 12.9. The number of pyridine rings is 1. The van der Waals surface area contributed by atoms with E-state index >= 15 is 0 Å². The molecule has 0 aliphatic heterocycles. The van der Waals surface area contributed by atoms with Crippen molar-refractivity contribution in [2.75, 3.05) is 18.4 Å². The molecule has 98 valence electrons. The number of amides is 1. The molecule has 0 atom stereocenters. The van der Waals surface area contributed by atoms with Crippen molar-refractivity contribution in [2.24, 2.45) is 5.41 Å². The molecule has 0 saturated heterocycles. The highest BCUT2D eigenvalue weighted by Crippen LogP contribution is 2.44. The van der Waals surface area contributed by atoms with Gasteiger partial charge >= 0.3 is 0 Å². The van der Waals surface area contributed by atoms with E-state index in [1.54, 1.807) is 12.4 Å². The predicted molar refractivity (Wildman–Crippen MR) is 72.7 cm³/mol. The molecule has 1 aliphatic rings. The van der Waals surface area contributed by atoms with Crippen LogP contribution in [0, 0.1) is 5.41 Å². The molecule has 0 bridgehead atoms. The van der Waals surface area contributed by atoms with Crippen molar-refractivity contribution in [1.82, 2.24) is 10.3 Å². The molecule has 4 heteroatoms. The van der Waals surface area contributed by atoms with Gasteiger partial charge < -0.3 is 10.6 Å². The summed E-state index contributed by atoms with van der Waals surface area (Å²) in [6.45, 7) is 5.92. The highest BCUT2D eigenvalue weighted by atomic mass is 16.1. The van der Waals surface area contributed by atoms with E-state index in [1.807, 2.05) is 6.07 Å². The maximum Gasteiger partial charge on any atom is 0.254 e. The quantitative estimate of drug-likeness (QED) is 0.811. The van der Waals surface area contributed by atoms with Crippen molar-refractivity contribution in [2.45, 2.75) is 33.1 Å². The molecule has 1 aliphatic carbocycles. The fourth-order valence-corrected chi connectivity index (χ4v) is 1.77. The monoisotopic (exact) mass is 247 g/mol. The Bertz CT molecular complexity index is 427. The van der Waals surface area contributed by atoms with Crippen LogP contribution in [0.25, 0.3) is 0 Å². The summed E-state index contributed by atoms with van der Waals surface area (Å²) in [5.74, 6) is -0.0326. The summed E-state index contributed by atoms with van der Waals surface area (Å²) in [5, 5.41) is 6.26. The molecule has 1 saturated carbocycles. The normalized spacial score (nSPS) is 16.1. The van der Waals surface area contributed by atoms with Gasteiger partial charge in [0, 0.05) is 25.5 Å². The van der Waals surface area contributed by atoms with E-state index in [-0.39, 0.29) is 5.91 Å². The summed E-state index contributed by atoms with van der Waals surface area (Å²) < 4.78 is 0. The van der Waals surface area contributed by atoms with E-state index in [2.05, 4.69) is 29.5 Å². The third kappa shape index (κ3) is 3.22. The molecule has 1 aromatic heterocycles. The topological polar surface area (TPSA) is 54.0 Å². The predicted octanol–water partition coefficient (Wildman–Crippen LogP) is 2.43. The second-order valence-electron chi connectivity index (χ2n) is 5.34. The molecule has 0 radical (unpaired) electrons. The Balaban J connectivity index is 1.99. The lowest BCUT2D eigenvalue weighted by Crippen LogP contribution is -2.29. The largest absolute Gasteiger partial charge is 0.384 e. The van der Waals surface area contributed by atoms with Crippen molar-refractivity contribution in [3.63, 3.8) is 0 Å². The second kappa shape index (κ2) is 5.38. The number of nitrogens with zero attached hydrogens (tertiary/aromatic N) is 1. The average molecular weight is 247 g/mol. The molecule has 2 rings (SSSR count). The fourth-order valence-electron chi connectivity index (χ4n) is 1.77. The zero-order valence-electron chi connectivity index (χ0n) is 11.1. The van der Waals surface area contributed by atoms with Crippen LogP contribution in [0.3, 0.4) is 0 Å². The number of carbonyl (C=O) groups is 1. The summed E-state index contributed by atoms with van der Waals surface area (Å²) >= 11 is 0. The maximum atomic E-state index is 12.1. The number of anilines is 1. The Morgan fingerprint density at radius 3 is 2.94 bits per heavy atom. The summed E-state index contributed by atoms with van der Waals surface area (Å²) in [6.07, 6.45) is 6.78. The van der Waals surface area contributed by atoms with Gasteiger partial charge in [0.1, 0.15) is 0 Å². The smallest absolute Gasteiger partial charge is 0.254 e. The van der Waals surface area contributed by atoms with Crippen LogP contribution in [0.4, 0.5) is 5.69 Å². The van der Waals surface area contributed by atoms with Gasteiger partial charge in [-0.15, -0.1) is 0 Å². The lowest BCUT2D eigenvalue weighted by atomic mass is 10.1. The first-order valence-corrected chi connectivity index (χ1v) is 6.61. The number of nitrogens with one attached hydrogen (secondary N) is 2. The Kier molecular flexibility index (Phi) is 3.84. The summed E-state index contributed by atoms with van der Waals surface area (Å²) in [5.41, 5.74) is 1.83. The van der Waals surface area contributed by atoms with Gasteiger partial charge in [-0.25, -0.2) is 0 Å². The van der Waals surface area contributed by atoms with E-state index < -0.39 is 0 Å². The molecule has 18 heavy (non-hydrogen) atoms. The third-order valence-corrected chi connectivity index (χ3v) is 3.41. The number of aromatic nitrogens is 1. The van der Waals surface area contributed by atoms with E-state index in [9.17, 15) is 4.79 Å². The van der Waals surface area contributed by atoms with Crippen LogP contribution < -0.4 is 10.6 Å². The summed E-state index contributed by atoms with van der Waals surface area (Å²) in [7, 11) is 0. The fraction of sp³-hybridized carbons (Fsp3) is 0.571. The van der Waals surface area contributed by atoms with E-state index in [4.69, 9.17) is 0 Å². The van der Waals surface area contributed by atoms with Crippen molar-refractivity contribution < 1.29 is 4.79 Å². The first-order chi connectivity index (χ1) is 8.64. The molecule has 0 unspecified atom stereocenters. The van der Waals surface area contributed by atoms with Gasteiger partial charge in [-0.2, -0.15) is 0 Å². The van der Waals surface area contributed by atoms with Crippen LogP contribution in [-0.4, -0.2) is 24.0 Å². The zero-order chi connectivity index (χ0) is 13.0. The molecule has 0 aromatic carbocycles. The van der Waals surface area contributed by atoms with Crippen molar-refractivity contribution in [1.29, 1.82) is 0 Å². The van der Waals surface area contributed by atoms with E-state index in [0.717, 1.165) is 25.2 Å². The van der Waals surface area contributed by atoms with Crippen LogP contribution >= 0.6 is 0 Å². The van der Waals surface area contributed by atoms with Gasteiger partial charge in [-0.3, -0.25) is 9.78 Å². The zero-order valence-corrected chi connectivity index (χ0v) is 11.1. The minimum atomic E-state index is -0.0326. The van der Waals surface area contributed by atoms with E-state index in [1.165, 1.54) is 12.8 Å². The van der Waals surface area contributed by atoms with Gasteiger partial charge in [0.05, 0.1) is 11.3 Å². The number of carbonyl (C=O) groups excluding carboxylic acids is 1. The highest BCUT2D eigenvalue weighted by molar-refractivity contribution is 5.99. The van der Waals surface area contributed by atoms with Crippen LogP contribution in [0.1, 0.15) is 43.5 Å². The Hall–Kier alpha value is -1.58. The molecular formula is C14H21N3O. The van der Waals surface area contributed by atoms with Crippen molar-refractivity contribution in [3.05, 3.63) is 24.0 Å².